The van der Waals surface area contributed by atoms with E-state index in [-0.39, 0.29) is 23.1 Å². The Morgan fingerprint density at radius 3 is 2.44 bits per heavy atom. The molecular weight excluding hydrogens is 619 g/mol. The van der Waals surface area contributed by atoms with Crippen molar-refractivity contribution in [3.8, 4) is 11.1 Å². The molecule has 3 aromatic rings. The largest absolute Gasteiger partial charge is 0.480 e. The molecule has 1 aliphatic heterocycles. The number of nitrogens with one attached hydrogen (secondary N) is 4. The van der Waals surface area contributed by atoms with E-state index in [0.717, 1.165) is 36.7 Å². The number of hydrogen-bond acceptors (Lipinski definition) is 8. The third-order valence-corrected chi connectivity index (χ3v) is 8.96. The number of H-pyrrole nitrogens is 1. The Bertz CT molecular complexity index is 1570. The fraction of sp³-hybridized carbons (Fsp3) is 0.357. The normalized spacial score (nSPS) is 15.4. The zero-order valence-corrected chi connectivity index (χ0v) is 25.8. The molecule has 0 saturated carbocycles. The van der Waals surface area contributed by atoms with Gasteiger partial charge in [0.15, 0.2) is 0 Å². The summed E-state index contributed by atoms with van der Waals surface area (Å²) in [5.74, 6) is -1.36. The third-order valence-electron chi connectivity index (χ3n) is 6.85. The number of carbonyl (C=O) groups is 2. The fourth-order valence-corrected chi connectivity index (χ4v) is 6.16. The van der Waals surface area contributed by atoms with Gasteiger partial charge < -0.3 is 25.6 Å². The molecule has 2 aromatic carbocycles. The lowest BCUT2D eigenvalue weighted by molar-refractivity contribution is -0.138. The number of benzene rings is 2. The van der Waals surface area contributed by atoms with Gasteiger partial charge in [-0.25, -0.2) is 13.4 Å². The highest BCUT2D eigenvalue weighted by Gasteiger charge is 2.29. The van der Waals surface area contributed by atoms with Crippen LogP contribution in [0.15, 0.2) is 52.5 Å². The molecule has 0 spiro atoms. The highest BCUT2D eigenvalue weighted by Crippen LogP contribution is 2.34. The minimum Gasteiger partial charge on any atom is -0.480 e. The summed E-state index contributed by atoms with van der Waals surface area (Å²) in [6.07, 6.45) is 2.36. The maximum absolute atomic E-state index is 12.9. The first-order chi connectivity index (χ1) is 20.4. The van der Waals surface area contributed by atoms with E-state index in [2.05, 4.69) is 30.5 Å². The molecule has 0 bridgehead atoms. The van der Waals surface area contributed by atoms with Gasteiger partial charge in [0.25, 0.3) is 5.91 Å². The molecule has 15 heteroatoms. The summed E-state index contributed by atoms with van der Waals surface area (Å²) < 4.78 is 28.0. The van der Waals surface area contributed by atoms with Crippen LogP contribution < -0.4 is 15.4 Å². The quantitative estimate of drug-likeness (QED) is 0.161. The predicted octanol–water partition coefficient (Wildman–Crippen LogP) is 4.28. The van der Waals surface area contributed by atoms with Gasteiger partial charge in [0.1, 0.15) is 17.9 Å². The van der Waals surface area contributed by atoms with Crippen LogP contribution in [-0.2, 0) is 24.4 Å². The smallest absolute Gasteiger partial charge is 0.323 e. The summed E-state index contributed by atoms with van der Waals surface area (Å²) in [4.78, 5) is 37.2. The summed E-state index contributed by atoms with van der Waals surface area (Å²) in [5.41, 5.74) is 3.21. The molecule has 1 aliphatic rings. The van der Waals surface area contributed by atoms with Crippen LogP contribution in [0, 0.1) is 13.8 Å². The van der Waals surface area contributed by atoms with E-state index in [9.17, 15) is 23.1 Å². The first-order valence-corrected chi connectivity index (χ1v) is 15.8. The van der Waals surface area contributed by atoms with E-state index in [0.29, 0.717) is 27.6 Å². The van der Waals surface area contributed by atoms with Crippen molar-refractivity contribution >= 4 is 56.8 Å². The number of rotatable bonds is 14. The van der Waals surface area contributed by atoms with Crippen molar-refractivity contribution < 1.29 is 28.0 Å². The topological polar surface area (TPSA) is 175 Å². The molecule has 1 aromatic heterocycles. The minimum atomic E-state index is -4.25. The Hall–Kier alpha value is -3.65. The number of carboxylic acids is 1. The number of aliphatic carboxylic acids is 1. The van der Waals surface area contributed by atoms with E-state index >= 15 is 0 Å². The molecule has 2 heterocycles. The Kier molecular flexibility index (Phi) is 10.7. The van der Waals surface area contributed by atoms with Gasteiger partial charge in [-0.05, 0) is 62.9 Å². The molecule has 0 aliphatic carbocycles. The van der Waals surface area contributed by atoms with Crippen LogP contribution in [0.25, 0.3) is 11.1 Å². The molecule has 12 nitrogen and oxygen atoms in total. The van der Waals surface area contributed by atoms with Gasteiger partial charge in [0.05, 0.1) is 10.6 Å². The summed E-state index contributed by atoms with van der Waals surface area (Å²) >= 11 is 12.5. The molecule has 0 radical (unpaired) electrons. The summed E-state index contributed by atoms with van der Waals surface area (Å²) in [5, 5.41) is 19.9. The van der Waals surface area contributed by atoms with E-state index in [4.69, 9.17) is 28.0 Å². The number of nitrogens with zero attached hydrogens (tertiary/aromatic N) is 2. The minimum absolute atomic E-state index is 0.116. The first kappa shape index (κ1) is 32.3. The number of unbranched alkanes of at least 4 members (excludes halogenated alkanes) is 1. The van der Waals surface area contributed by atoms with Crippen molar-refractivity contribution in [2.24, 2.45) is 5.16 Å². The molecule has 5 N–H and O–H groups in total. The number of hydrogen-bond donors (Lipinski definition) is 5. The number of anilines is 1. The average Bonchev–Trinajstić information content (AvgIpc) is 3.56. The molecule has 2 atom stereocenters. The summed E-state index contributed by atoms with van der Waals surface area (Å²) in [6, 6.07) is 9.06. The van der Waals surface area contributed by atoms with E-state index in [1.165, 1.54) is 24.3 Å². The van der Waals surface area contributed by atoms with Crippen molar-refractivity contribution in [2.75, 3.05) is 18.4 Å². The van der Waals surface area contributed by atoms with Crippen molar-refractivity contribution in [2.45, 2.75) is 56.6 Å². The maximum Gasteiger partial charge on any atom is 0.323 e. The lowest BCUT2D eigenvalue weighted by atomic mass is 10.1. The third kappa shape index (κ3) is 8.47. The van der Waals surface area contributed by atoms with Crippen molar-refractivity contribution in [1.29, 1.82) is 0 Å². The number of sulfonamides is 1. The van der Waals surface area contributed by atoms with Crippen molar-refractivity contribution in [3.05, 3.63) is 63.9 Å². The van der Waals surface area contributed by atoms with Gasteiger partial charge in [-0.1, -0.05) is 46.6 Å². The standard InChI is InChI=1S/C28H32Cl2N6O6S/c1-16-17(2)34-28(33-16)31-13-4-3-6-19-14-23(35-42-19)26(37)32-15-24(27(38)39)36-43(40,41)20-11-9-18(10-12-20)25-21(29)7-5-8-22(25)30/h5,7-12,19,24,36H,3-4,6,13-15H2,1-2H3,(H,32,37)(H,38,39)(H2,31,33,34). The summed E-state index contributed by atoms with van der Waals surface area (Å²) in [6.45, 7) is 4.11. The lowest BCUT2D eigenvalue weighted by Crippen LogP contribution is -2.49. The molecule has 230 valence electrons. The van der Waals surface area contributed by atoms with Gasteiger partial charge in [0, 0.05) is 40.8 Å². The Balaban J connectivity index is 1.23. The number of aromatic nitrogens is 2. The SMILES string of the molecule is Cc1nc(NCCCCC2CC(C(=O)NCC(NS(=O)(=O)c3ccc(-c4c(Cl)cccc4Cl)cc3)C(=O)O)=NO2)[nH]c1C. The monoisotopic (exact) mass is 650 g/mol. The number of halogens is 2. The second kappa shape index (κ2) is 14.2. The van der Waals surface area contributed by atoms with Gasteiger partial charge >= 0.3 is 5.97 Å². The van der Waals surface area contributed by atoms with Crippen molar-refractivity contribution in [3.63, 3.8) is 0 Å². The summed E-state index contributed by atoms with van der Waals surface area (Å²) in [7, 11) is -4.25. The second-order valence-electron chi connectivity index (χ2n) is 10.0. The second-order valence-corrected chi connectivity index (χ2v) is 12.6. The number of aromatic amines is 1. The molecular formula is C28H32Cl2N6O6S. The average molecular weight is 652 g/mol. The maximum atomic E-state index is 12.9. The molecule has 1 amide bonds. The number of carbonyl (C=O) groups excluding carboxylic acids is 1. The molecule has 0 saturated heterocycles. The lowest BCUT2D eigenvalue weighted by Gasteiger charge is -2.16. The van der Waals surface area contributed by atoms with Crippen LogP contribution in [0.2, 0.25) is 10.0 Å². The van der Waals surface area contributed by atoms with Crippen LogP contribution in [-0.4, -0.2) is 66.3 Å². The number of oxime groups is 1. The Labute approximate surface area is 259 Å². The zero-order valence-electron chi connectivity index (χ0n) is 23.5. The van der Waals surface area contributed by atoms with Gasteiger partial charge in [0.2, 0.25) is 16.0 Å². The van der Waals surface area contributed by atoms with Gasteiger partial charge in [-0.3, -0.25) is 9.59 Å². The van der Waals surface area contributed by atoms with Crippen LogP contribution >= 0.6 is 23.2 Å². The zero-order chi connectivity index (χ0) is 31.1. The first-order valence-electron chi connectivity index (χ1n) is 13.5. The van der Waals surface area contributed by atoms with Crippen LogP contribution in [0.1, 0.15) is 37.1 Å². The molecule has 4 rings (SSSR count). The molecule has 2 unspecified atom stereocenters. The van der Waals surface area contributed by atoms with E-state index < -0.39 is 34.5 Å². The van der Waals surface area contributed by atoms with E-state index in [1.807, 2.05) is 13.8 Å². The highest BCUT2D eigenvalue weighted by molar-refractivity contribution is 7.89. The van der Waals surface area contributed by atoms with Crippen LogP contribution in [0.4, 0.5) is 5.95 Å². The number of aryl methyl sites for hydroxylation is 2. The van der Waals surface area contributed by atoms with Gasteiger partial charge in [-0.15, -0.1) is 0 Å². The predicted molar refractivity (Wildman–Crippen MR) is 164 cm³/mol. The van der Waals surface area contributed by atoms with Crippen LogP contribution in [0.3, 0.4) is 0 Å². The highest BCUT2D eigenvalue weighted by atomic mass is 35.5. The number of carboxylic acid groups (broad SMARTS) is 1. The van der Waals surface area contributed by atoms with Crippen molar-refractivity contribution in [1.82, 2.24) is 20.0 Å². The number of imidazole rings is 1. The molecule has 0 fully saturated rings. The van der Waals surface area contributed by atoms with Crippen LogP contribution in [0.5, 0.6) is 0 Å². The fourth-order valence-electron chi connectivity index (χ4n) is 4.36. The Morgan fingerprint density at radius 2 is 1.81 bits per heavy atom. The van der Waals surface area contributed by atoms with Gasteiger partial charge in [-0.2, -0.15) is 4.72 Å². The Morgan fingerprint density at radius 1 is 1.12 bits per heavy atom. The molecule has 43 heavy (non-hydrogen) atoms. The number of amides is 1. The van der Waals surface area contributed by atoms with E-state index in [1.54, 1.807) is 18.2 Å².